The third kappa shape index (κ3) is 6.81. The zero-order chi connectivity index (χ0) is 39.7. The number of nitrogens with zero attached hydrogens (tertiary/aromatic N) is 4. The summed E-state index contributed by atoms with van der Waals surface area (Å²) >= 11 is 0. The maximum absolute atomic E-state index is 4.82. The van der Waals surface area contributed by atoms with E-state index in [2.05, 4.69) is 181 Å². The van der Waals surface area contributed by atoms with E-state index in [4.69, 9.17) is 9.97 Å². The van der Waals surface area contributed by atoms with Gasteiger partial charge in [0.15, 0.2) is 5.82 Å². The van der Waals surface area contributed by atoms with Gasteiger partial charge in [-0.3, -0.25) is 0 Å². The molecule has 59 heavy (non-hydrogen) atoms. The van der Waals surface area contributed by atoms with Gasteiger partial charge in [0, 0.05) is 52.1 Å². The fourth-order valence-electron chi connectivity index (χ4n) is 9.18. The highest BCUT2D eigenvalue weighted by Gasteiger charge is 2.44. The van der Waals surface area contributed by atoms with E-state index in [0.29, 0.717) is 5.82 Å². The number of unbranched alkanes of at least 4 members (excludes halogenated alkanes) is 2. The Balaban J connectivity index is 1.24. The van der Waals surface area contributed by atoms with E-state index in [1.807, 2.05) is 18.5 Å². The molecule has 0 saturated heterocycles. The van der Waals surface area contributed by atoms with Gasteiger partial charge < -0.3 is 9.80 Å². The topological polar surface area (TPSA) is 32.3 Å². The Bertz CT molecular complexity index is 2570. The molecular weight excluding hydrogens is 715 g/mol. The van der Waals surface area contributed by atoms with Gasteiger partial charge in [-0.25, -0.2) is 9.97 Å². The molecule has 0 bridgehead atoms. The number of hydrogen-bond donors (Lipinski definition) is 0. The summed E-state index contributed by atoms with van der Waals surface area (Å²) in [5, 5.41) is 0. The van der Waals surface area contributed by atoms with E-state index in [1.54, 1.807) is 0 Å². The average Bonchev–Trinajstić information content (AvgIpc) is 3.31. The van der Waals surface area contributed by atoms with Gasteiger partial charge in [0.05, 0.1) is 0 Å². The lowest BCUT2D eigenvalue weighted by Gasteiger charge is -2.44. The predicted molar refractivity (Wildman–Crippen MR) is 250 cm³/mol. The van der Waals surface area contributed by atoms with Crippen LogP contribution >= 0.6 is 0 Å². The molecule has 0 aliphatic carbocycles. The molecule has 0 N–H and O–H groups in total. The van der Waals surface area contributed by atoms with Crippen LogP contribution in [-0.4, -0.2) is 16.7 Å². The fraction of sp³-hybridized carbons (Fsp3) is 0.148. The Morgan fingerprint density at radius 1 is 0.424 bits per heavy atom. The first-order chi connectivity index (χ1) is 29.2. The van der Waals surface area contributed by atoms with Crippen LogP contribution in [0.4, 0.5) is 34.1 Å². The number of fused-ring (bicyclic) bond motifs is 4. The lowest BCUT2D eigenvalue weighted by atomic mass is 9.33. The van der Waals surface area contributed by atoms with Gasteiger partial charge in [-0.15, -0.1) is 0 Å². The molecule has 2 aliphatic heterocycles. The van der Waals surface area contributed by atoms with E-state index in [9.17, 15) is 0 Å². The molecule has 0 fully saturated rings. The molecule has 3 heterocycles. The molecule has 0 radical (unpaired) electrons. The maximum Gasteiger partial charge on any atom is 0.252 e. The van der Waals surface area contributed by atoms with E-state index in [1.165, 1.54) is 86.8 Å². The van der Waals surface area contributed by atoms with Gasteiger partial charge in [-0.1, -0.05) is 136 Å². The van der Waals surface area contributed by atoms with Crippen molar-refractivity contribution in [3.63, 3.8) is 0 Å². The SMILES string of the molecule is CCCCc1ccc2c(c1)B1c3cc(CCCC)ccc3N(c3ccc(-c4ccccc4)cc3)c3cc(-c4ncccn4)cc(c31)N2c1ccc(-c2ccccc2)cc1. The van der Waals surface area contributed by atoms with Crippen LogP contribution in [0.25, 0.3) is 33.6 Å². The van der Waals surface area contributed by atoms with Crippen molar-refractivity contribution >= 4 is 57.2 Å². The second-order valence-electron chi connectivity index (χ2n) is 15.9. The van der Waals surface area contributed by atoms with Crippen LogP contribution in [0.2, 0.25) is 0 Å². The fourth-order valence-corrected chi connectivity index (χ4v) is 9.18. The minimum absolute atomic E-state index is 0.0404. The highest BCUT2D eigenvalue weighted by Crippen LogP contribution is 2.46. The van der Waals surface area contributed by atoms with Crippen molar-refractivity contribution in [1.82, 2.24) is 9.97 Å². The zero-order valence-corrected chi connectivity index (χ0v) is 33.9. The molecule has 286 valence electrons. The van der Waals surface area contributed by atoms with Gasteiger partial charge in [-0.05, 0) is 130 Å². The quantitative estimate of drug-likeness (QED) is 0.123. The van der Waals surface area contributed by atoms with Crippen LogP contribution in [0.15, 0.2) is 176 Å². The summed E-state index contributed by atoms with van der Waals surface area (Å²) in [6.45, 7) is 4.61. The first kappa shape index (κ1) is 36.6. The first-order valence-corrected chi connectivity index (χ1v) is 21.3. The molecule has 8 aromatic rings. The first-order valence-electron chi connectivity index (χ1n) is 21.3. The lowest BCUT2D eigenvalue weighted by Crippen LogP contribution is -2.61. The van der Waals surface area contributed by atoms with Gasteiger partial charge >= 0.3 is 0 Å². The molecular formula is C54H47BN4. The van der Waals surface area contributed by atoms with E-state index in [0.717, 1.165) is 41.2 Å². The zero-order valence-electron chi connectivity index (χ0n) is 33.9. The van der Waals surface area contributed by atoms with Crippen LogP contribution in [0.1, 0.15) is 50.7 Å². The second-order valence-corrected chi connectivity index (χ2v) is 15.9. The molecule has 0 atom stereocenters. The minimum Gasteiger partial charge on any atom is -0.311 e. The standard InChI is InChI=1S/C54H47BN4/c1-3-5-14-38-20-30-49-47(34-38)55-48-35-39(15-6-4-2)21-31-50(48)59(46-28-24-43(25-29-46)41-18-11-8-12-19-41)52-37-44(54-56-32-13-33-57-54)36-51(53(52)55)58(49)45-26-22-42(23-27-45)40-16-9-7-10-17-40/h7-13,16-37H,3-6,14-15H2,1-2H3. The van der Waals surface area contributed by atoms with Crippen LogP contribution in [0.5, 0.6) is 0 Å². The molecule has 0 spiro atoms. The van der Waals surface area contributed by atoms with Gasteiger partial charge in [0.2, 0.25) is 0 Å². The van der Waals surface area contributed by atoms with Gasteiger partial charge in [0.1, 0.15) is 0 Å². The molecule has 2 aliphatic rings. The van der Waals surface area contributed by atoms with Crippen LogP contribution < -0.4 is 26.2 Å². The molecule has 4 nitrogen and oxygen atoms in total. The highest BCUT2D eigenvalue weighted by molar-refractivity contribution is 7.00. The summed E-state index contributed by atoms with van der Waals surface area (Å²) < 4.78 is 0. The maximum atomic E-state index is 4.82. The lowest BCUT2D eigenvalue weighted by molar-refractivity contribution is 0.795. The van der Waals surface area contributed by atoms with Gasteiger partial charge in [-0.2, -0.15) is 0 Å². The normalized spacial score (nSPS) is 12.5. The third-order valence-corrected chi connectivity index (χ3v) is 12.1. The van der Waals surface area contributed by atoms with Gasteiger partial charge in [0.25, 0.3) is 6.71 Å². The smallest absolute Gasteiger partial charge is 0.252 e. The summed E-state index contributed by atoms with van der Waals surface area (Å²) in [6, 6.07) is 60.6. The second kappa shape index (κ2) is 15.9. The molecule has 0 amide bonds. The summed E-state index contributed by atoms with van der Waals surface area (Å²) in [4.78, 5) is 14.6. The monoisotopic (exact) mass is 762 g/mol. The van der Waals surface area contributed by atoms with Crippen molar-refractivity contribution in [1.29, 1.82) is 0 Å². The minimum atomic E-state index is 0.0404. The largest absolute Gasteiger partial charge is 0.311 e. The Kier molecular flexibility index (Phi) is 9.87. The Hall–Kier alpha value is -6.72. The van der Waals surface area contributed by atoms with E-state index in [-0.39, 0.29) is 6.71 Å². The predicted octanol–water partition coefficient (Wildman–Crippen LogP) is 12.2. The number of anilines is 6. The number of rotatable bonds is 11. The Morgan fingerprint density at radius 3 is 1.31 bits per heavy atom. The summed E-state index contributed by atoms with van der Waals surface area (Å²) in [5.74, 6) is 0.711. The molecule has 1 aromatic heterocycles. The number of aromatic nitrogens is 2. The highest BCUT2D eigenvalue weighted by atomic mass is 15.2. The molecule has 5 heteroatoms. The molecule has 0 unspecified atom stereocenters. The summed E-state index contributed by atoms with van der Waals surface area (Å²) in [5.41, 5.74) is 19.6. The average molecular weight is 763 g/mol. The van der Waals surface area contributed by atoms with Crippen molar-refractivity contribution in [3.8, 4) is 33.6 Å². The van der Waals surface area contributed by atoms with Crippen molar-refractivity contribution in [2.24, 2.45) is 0 Å². The van der Waals surface area contributed by atoms with Crippen molar-refractivity contribution < 1.29 is 0 Å². The Labute approximate surface area is 349 Å². The van der Waals surface area contributed by atoms with Crippen molar-refractivity contribution in [3.05, 3.63) is 187 Å². The van der Waals surface area contributed by atoms with Crippen LogP contribution in [0, 0.1) is 0 Å². The number of benzene rings is 7. The van der Waals surface area contributed by atoms with Crippen LogP contribution in [-0.2, 0) is 12.8 Å². The van der Waals surface area contributed by atoms with Crippen LogP contribution in [0.3, 0.4) is 0 Å². The Morgan fingerprint density at radius 2 is 0.864 bits per heavy atom. The molecule has 7 aromatic carbocycles. The molecule has 0 saturated carbocycles. The number of hydrogen-bond acceptors (Lipinski definition) is 4. The summed E-state index contributed by atoms with van der Waals surface area (Å²) in [7, 11) is 0. The van der Waals surface area contributed by atoms with Crippen molar-refractivity contribution in [2.45, 2.75) is 52.4 Å². The molecule has 10 rings (SSSR count). The van der Waals surface area contributed by atoms with E-state index < -0.39 is 0 Å². The third-order valence-electron chi connectivity index (χ3n) is 12.1. The number of aryl methyl sites for hydroxylation is 2. The van der Waals surface area contributed by atoms with Crippen molar-refractivity contribution in [2.75, 3.05) is 9.80 Å². The summed E-state index contributed by atoms with van der Waals surface area (Å²) in [6.07, 6.45) is 10.5. The van der Waals surface area contributed by atoms with E-state index >= 15 is 0 Å².